The van der Waals surface area contributed by atoms with Gasteiger partial charge in [0.1, 0.15) is 5.60 Å². The number of aliphatic hydroxyl groups excluding tert-OH is 1. The van der Waals surface area contributed by atoms with E-state index in [0.717, 1.165) is 11.1 Å². The summed E-state index contributed by atoms with van der Waals surface area (Å²) in [4.78, 5) is 14.0. The third kappa shape index (κ3) is 3.74. The Morgan fingerprint density at radius 3 is 2.62 bits per heavy atom. The Labute approximate surface area is 125 Å². The van der Waals surface area contributed by atoms with E-state index in [1.807, 2.05) is 45.0 Å². The van der Waals surface area contributed by atoms with E-state index in [-0.39, 0.29) is 12.6 Å². The summed E-state index contributed by atoms with van der Waals surface area (Å²) < 4.78 is 5.45. The second-order valence-electron chi connectivity index (χ2n) is 6.45. The van der Waals surface area contributed by atoms with E-state index in [2.05, 4.69) is 0 Å². The molecule has 0 bridgehead atoms. The standard InChI is InChI=1S/C16H24N2O3/c1-16(2,3)21-15(20)18-10-12-7-5-4-6-11(12)8-13(18)14(19)9-17/h4-7,13-14,19H,8-10,17H2,1-3H3/t13-,14?/m0/s1. The summed E-state index contributed by atoms with van der Waals surface area (Å²) >= 11 is 0. The topological polar surface area (TPSA) is 75.8 Å². The maximum absolute atomic E-state index is 12.4. The molecule has 21 heavy (non-hydrogen) atoms. The molecule has 1 heterocycles. The summed E-state index contributed by atoms with van der Waals surface area (Å²) in [7, 11) is 0. The molecule has 0 aromatic heterocycles. The van der Waals surface area contributed by atoms with E-state index in [0.29, 0.717) is 13.0 Å². The number of fused-ring (bicyclic) bond motifs is 1. The molecule has 0 fully saturated rings. The number of nitrogens with zero attached hydrogens (tertiary/aromatic N) is 1. The van der Waals surface area contributed by atoms with Crippen LogP contribution in [0.3, 0.4) is 0 Å². The lowest BCUT2D eigenvalue weighted by atomic mass is 9.91. The van der Waals surface area contributed by atoms with Gasteiger partial charge in [-0.2, -0.15) is 0 Å². The fraction of sp³-hybridized carbons (Fsp3) is 0.562. The van der Waals surface area contributed by atoms with Gasteiger partial charge in [-0.25, -0.2) is 4.79 Å². The number of rotatable bonds is 2. The van der Waals surface area contributed by atoms with Crippen LogP contribution in [0.1, 0.15) is 31.9 Å². The molecular weight excluding hydrogens is 268 g/mol. The van der Waals surface area contributed by atoms with Crippen molar-refractivity contribution in [3.8, 4) is 0 Å². The first-order valence-corrected chi connectivity index (χ1v) is 7.26. The predicted molar refractivity (Wildman–Crippen MR) is 80.8 cm³/mol. The third-order valence-corrected chi connectivity index (χ3v) is 3.60. The zero-order valence-corrected chi connectivity index (χ0v) is 12.9. The van der Waals surface area contributed by atoms with Crippen molar-refractivity contribution in [1.29, 1.82) is 0 Å². The molecule has 0 spiro atoms. The van der Waals surface area contributed by atoms with Crippen LogP contribution in [0.4, 0.5) is 4.79 Å². The summed E-state index contributed by atoms with van der Waals surface area (Å²) in [6, 6.07) is 7.59. The number of benzene rings is 1. The fourth-order valence-electron chi connectivity index (χ4n) is 2.57. The second-order valence-corrected chi connectivity index (χ2v) is 6.45. The van der Waals surface area contributed by atoms with Gasteiger partial charge in [-0.05, 0) is 38.3 Å². The number of amides is 1. The minimum absolute atomic E-state index is 0.117. The summed E-state index contributed by atoms with van der Waals surface area (Å²) in [6.45, 7) is 6.05. The van der Waals surface area contributed by atoms with Gasteiger partial charge in [0, 0.05) is 13.1 Å². The first kappa shape index (κ1) is 15.8. The summed E-state index contributed by atoms with van der Waals surface area (Å²) in [6.07, 6.45) is -0.575. The van der Waals surface area contributed by atoms with Gasteiger partial charge < -0.3 is 15.6 Å². The van der Waals surface area contributed by atoms with Gasteiger partial charge in [0.25, 0.3) is 0 Å². The minimum atomic E-state index is -0.758. The molecule has 2 rings (SSSR count). The first-order valence-electron chi connectivity index (χ1n) is 7.26. The number of carbonyl (C=O) groups excluding carboxylic acids is 1. The summed E-state index contributed by atoms with van der Waals surface area (Å²) in [5.74, 6) is 0. The maximum atomic E-state index is 12.4. The molecule has 116 valence electrons. The van der Waals surface area contributed by atoms with Crippen molar-refractivity contribution in [3.63, 3.8) is 0 Å². The van der Waals surface area contributed by atoms with Crippen molar-refractivity contribution in [3.05, 3.63) is 35.4 Å². The third-order valence-electron chi connectivity index (χ3n) is 3.60. The van der Waals surface area contributed by atoms with Crippen LogP contribution in [-0.2, 0) is 17.7 Å². The van der Waals surface area contributed by atoms with Crippen LogP contribution in [0.2, 0.25) is 0 Å². The molecule has 2 atom stereocenters. The monoisotopic (exact) mass is 292 g/mol. The Morgan fingerprint density at radius 1 is 1.43 bits per heavy atom. The van der Waals surface area contributed by atoms with Crippen molar-refractivity contribution < 1.29 is 14.6 Å². The molecule has 1 aromatic carbocycles. The van der Waals surface area contributed by atoms with Crippen molar-refractivity contribution in [2.45, 2.75) is 51.5 Å². The SMILES string of the molecule is CC(C)(C)OC(=O)N1Cc2ccccc2C[C@H]1C(O)CN. The highest BCUT2D eigenvalue weighted by Crippen LogP contribution is 2.26. The van der Waals surface area contributed by atoms with Crippen LogP contribution in [0, 0.1) is 0 Å². The summed E-state index contributed by atoms with van der Waals surface area (Å²) in [5.41, 5.74) is 7.26. The van der Waals surface area contributed by atoms with Crippen molar-refractivity contribution in [2.24, 2.45) is 5.73 Å². The van der Waals surface area contributed by atoms with Gasteiger partial charge >= 0.3 is 6.09 Å². The Kier molecular flexibility index (Phi) is 4.54. The van der Waals surface area contributed by atoms with Crippen LogP contribution < -0.4 is 5.73 Å². The van der Waals surface area contributed by atoms with Crippen molar-refractivity contribution >= 4 is 6.09 Å². The molecule has 0 saturated carbocycles. The van der Waals surface area contributed by atoms with Gasteiger partial charge in [-0.3, -0.25) is 4.90 Å². The van der Waals surface area contributed by atoms with E-state index in [9.17, 15) is 9.90 Å². The quantitative estimate of drug-likeness (QED) is 0.869. The normalized spacial score (nSPS) is 19.9. The van der Waals surface area contributed by atoms with Gasteiger partial charge in [0.15, 0.2) is 0 Å². The van der Waals surface area contributed by atoms with Gasteiger partial charge in [0.05, 0.1) is 12.1 Å². The predicted octanol–water partition coefficient (Wildman–Crippen LogP) is 1.67. The van der Waals surface area contributed by atoms with E-state index >= 15 is 0 Å². The highest BCUT2D eigenvalue weighted by Gasteiger charge is 2.36. The second kappa shape index (κ2) is 6.03. The number of hydrogen-bond acceptors (Lipinski definition) is 4. The maximum Gasteiger partial charge on any atom is 0.410 e. The molecule has 1 unspecified atom stereocenters. The average Bonchev–Trinajstić information content (AvgIpc) is 2.43. The first-order chi connectivity index (χ1) is 9.81. The molecule has 5 heteroatoms. The Hall–Kier alpha value is -1.59. The fourth-order valence-corrected chi connectivity index (χ4v) is 2.57. The molecule has 5 nitrogen and oxygen atoms in total. The van der Waals surface area contributed by atoms with Crippen molar-refractivity contribution in [1.82, 2.24) is 4.90 Å². The Morgan fingerprint density at radius 2 is 2.05 bits per heavy atom. The van der Waals surface area contributed by atoms with E-state index in [1.54, 1.807) is 4.90 Å². The Bertz CT molecular complexity index is 510. The number of carbonyl (C=O) groups is 1. The molecule has 3 N–H and O–H groups in total. The number of aliphatic hydroxyl groups is 1. The van der Waals surface area contributed by atoms with Crippen LogP contribution in [0.5, 0.6) is 0 Å². The molecular formula is C16H24N2O3. The minimum Gasteiger partial charge on any atom is -0.444 e. The van der Waals surface area contributed by atoms with E-state index in [1.165, 1.54) is 0 Å². The van der Waals surface area contributed by atoms with Crippen LogP contribution >= 0.6 is 0 Å². The molecule has 0 saturated heterocycles. The zero-order valence-electron chi connectivity index (χ0n) is 12.9. The largest absolute Gasteiger partial charge is 0.444 e. The lowest BCUT2D eigenvalue weighted by Gasteiger charge is -2.39. The molecule has 1 aromatic rings. The smallest absolute Gasteiger partial charge is 0.410 e. The molecule has 0 aliphatic carbocycles. The average molecular weight is 292 g/mol. The van der Waals surface area contributed by atoms with Crippen molar-refractivity contribution in [2.75, 3.05) is 6.54 Å². The highest BCUT2D eigenvalue weighted by atomic mass is 16.6. The molecule has 1 aliphatic rings. The molecule has 0 radical (unpaired) electrons. The number of ether oxygens (including phenoxy) is 1. The van der Waals surface area contributed by atoms with Gasteiger partial charge in [-0.1, -0.05) is 24.3 Å². The van der Waals surface area contributed by atoms with Gasteiger partial charge in [0.2, 0.25) is 0 Å². The van der Waals surface area contributed by atoms with Crippen LogP contribution in [-0.4, -0.2) is 40.4 Å². The number of nitrogens with two attached hydrogens (primary N) is 1. The Balaban J connectivity index is 2.26. The van der Waals surface area contributed by atoms with E-state index in [4.69, 9.17) is 10.5 Å². The van der Waals surface area contributed by atoms with Crippen LogP contribution in [0.25, 0.3) is 0 Å². The lowest BCUT2D eigenvalue weighted by molar-refractivity contribution is -0.0101. The van der Waals surface area contributed by atoms with Crippen LogP contribution in [0.15, 0.2) is 24.3 Å². The summed E-state index contributed by atoms with van der Waals surface area (Å²) in [5, 5.41) is 10.2. The highest BCUT2D eigenvalue weighted by molar-refractivity contribution is 5.69. The van der Waals surface area contributed by atoms with E-state index < -0.39 is 17.8 Å². The molecule has 1 aliphatic heterocycles. The molecule has 1 amide bonds. The zero-order chi connectivity index (χ0) is 15.6. The van der Waals surface area contributed by atoms with Gasteiger partial charge in [-0.15, -0.1) is 0 Å². The lowest BCUT2D eigenvalue weighted by Crippen LogP contribution is -2.53. The number of hydrogen-bond donors (Lipinski definition) is 2.